The lowest BCUT2D eigenvalue weighted by Gasteiger charge is -2.19. The van der Waals surface area contributed by atoms with Crippen LogP contribution in [0.4, 0.5) is 10.1 Å². The van der Waals surface area contributed by atoms with Crippen molar-refractivity contribution in [3.05, 3.63) is 29.6 Å². The monoisotopic (exact) mass is 264 g/mol. The molecule has 1 aliphatic carbocycles. The van der Waals surface area contributed by atoms with Gasteiger partial charge in [-0.25, -0.2) is 4.39 Å². The third-order valence-electron chi connectivity index (χ3n) is 3.77. The molecule has 1 heterocycles. The van der Waals surface area contributed by atoms with Crippen LogP contribution in [0.3, 0.4) is 0 Å². The fourth-order valence-corrected chi connectivity index (χ4v) is 2.62. The molecule has 3 N–H and O–H groups in total. The van der Waals surface area contributed by atoms with E-state index in [1.165, 1.54) is 18.2 Å². The average molecular weight is 264 g/mol. The van der Waals surface area contributed by atoms with Crippen LogP contribution < -0.4 is 11.1 Å². The van der Waals surface area contributed by atoms with Crippen LogP contribution in [0.1, 0.15) is 29.6 Å². The molecular weight excluding hydrogens is 247 g/mol. The van der Waals surface area contributed by atoms with Gasteiger partial charge in [-0.1, -0.05) is 0 Å². The zero-order chi connectivity index (χ0) is 13.4. The third-order valence-corrected chi connectivity index (χ3v) is 3.77. The lowest BCUT2D eigenvalue weighted by atomic mass is 10.1. The Morgan fingerprint density at radius 2 is 2.16 bits per heavy atom. The van der Waals surface area contributed by atoms with Crippen molar-refractivity contribution in [2.24, 2.45) is 5.92 Å². The molecule has 0 aromatic heterocycles. The molecule has 5 heteroatoms. The van der Waals surface area contributed by atoms with Gasteiger partial charge in [-0.2, -0.15) is 0 Å². The minimum atomic E-state index is -0.548. The number of ether oxygens (including phenoxy) is 1. The minimum absolute atomic E-state index is 0.00134. The maximum absolute atomic E-state index is 13.6. The number of nitrogens with two attached hydrogens (primary N) is 1. The fourth-order valence-electron chi connectivity index (χ4n) is 2.62. The zero-order valence-corrected chi connectivity index (χ0v) is 10.6. The number of carbonyl (C=O) groups excluding carboxylic acids is 1. The van der Waals surface area contributed by atoms with Crippen molar-refractivity contribution in [3.63, 3.8) is 0 Å². The number of halogens is 1. The van der Waals surface area contributed by atoms with Crippen molar-refractivity contribution in [1.82, 2.24) is 5.32 Å². The van der Waals surface area contributed by atoms with Gasteiger partial charge < -0.3 is 15.8 Å². The highest BCUT2D eigenvalue weighted by Crippen LogP contribution is 2.38. The fraction of sp³-hybridized carbons (Fsp3) is 0.500. The predicted octanol–water partition coefficient (Wildman–Crippen LogP) is 1.71. The van der Waals surface area contributed by atoms with Crippen LogP contribution in [0.5, 0.6) is 0 Å². The van der Waals surface area contributed by atoms with Crippen LogP contribution in [-0.4, -0.2) is 24.7 Å². The topological polar surface area (TPSA) is 64.4 Å². The maximum Gasteiger partial charge on any atom is 0.254 e. The highest BCUT2D eigenvalue weighted by atomic mass is 19.1. The van der Waals surface area contributed by atoms with Crippen molar-refractivity contribution < 1.29 is 13.9 Å². The van der Waals surface area contributed by atoms with E-state index in [1.54, 1.807) is 0 Å². The van der Waals surface area contributed by atoms with Crippen LogP contribution in [0.25, 0.3) is 0 Å². The van der Waals surface area contributed by atoms with Gasteiger partial charge in [0.2, 0.25) is 0 Å². The summed E-state index contributed by atoms with van der Waals surface area (Å²) < 4.78 is 19.3. The molecule has 1 saturated carbocycles. The van der Waals surface area contributed by atoms with Gasteiger partial charge in [-0.15, -0.1) is 0 Å². The number of anilines is 1. The summed E-state index contributed by atoms with van der Waals surface area (Å²) in [5, 5.41) is 2.88. The van der Waals surface area contributed by atoms with Gasteiger partial charge in [-0.3, -0.25) is 4.79 Å². The molecule has 1 aromatic carbocycles. The lowest BCUT2D eigenvalue weighted by molar-refractivity contribution is 0.0728. The van der Waals surface area contributed by atoms with Gasteiger partial charge in [-0.05, 0) is 43.4 Å². The van der Waals surface area contributed by atoms with E-state index >= 15 is 0 Å². The first kappa shape index (κ1) is 12.4. The first-order valence-electron chi connectivity index (χ1n) is 6.62. The molecule has 2 atom stereocenters. The van der Waals surface area contributed by atoms with Crippen molar-refractivity contribution in [3.8, 4) is 0 Å². The SMILES string of the molecule is Nc1ccc(F)c(C(=O)NC2CCOC2C2CC2)c1. The molecule has 2 aliphatic rings. The first-order valence-corrected chi connectivity index (χ1v) is 6.62. The molecule has 0 spiro atoms. The smallest absolute Gasteiger partial charge is 0.254 e. The van der Waals surface area contributed by atoms with E-state index in [9.17, 15) is 9.18 Å². The molecule has 102 valence electrons. The van der Waals surface area contributed by atoms with Crippen LogP contribution in [-0.2, 0) is 4.74 Å². The molecule has 4 nitrogen and oxygen atoms in total. The summed E-state index contributed by atoms with van der Waals surface area (Å²) in [5.74, 6) is -0.405. The summed E-state index contributed by atoms with van der Waals surface area (Å²) >= 11 is 0. The number of hydrogen-bond acceptors (Lipinski definition) is 3. The van der Waals surface area contributed by atoms with E-state index < -0.39 is 11.7 Å². The lowest BCUT2D eigenvalue weighted by Crippen LogP contribution is -2.41. The Morgan fingerprint density at radius 3 is 2.89 bits per heavy atom. The van der Waals surface area contributed by atoms with Gasteiger partial charge in [0.15, 0.2) is 0 Å². The van der Waals surface area contributed by atoms with Crippen LogP contribution in [0.2, 0.25) is 0 Å². The molecule has 2 fully saturated rings. The third kappa shape index (κ3) is 2.56. The van der Waals surface area contributed by atoms with E-state index in [0.717, 1.165) is 19.3 Å². The molecule has 1 aromatic rings. The van der Waals surface area contributed by atoms with Gasteiger partial charge in [0, 0.05) is 12.3 Å². The summed E-state index contributed by atoms with van der Waals surface area (Å²) in [5.41, 5.74) is 5.97. The van der Waals surface area contributed by atoms with Crippen molar-refractivity contribution >= 4 is 11.6 Å². The van der Waals surface area contributed by atoms with E-state index in [4.69, 9.17) is 10.5 Å². The van der Waals surface area contributed by atoms with Crippen molar-refractivity contribution in [2.45, 2.75) is 31.4 Å². The molecule has 2 unspecified atom stereocenters. The van der Waals surface area contributed by atoms with E-state index in [2.05, 4.69) is 5.32 Å². The molecule has 0 bridgehead atoms. The summed E-state index contributed by atoms with van der Waals surface area (Å²) in [6, 6.07) is 4.01. The quantitative estimate of drug-likeness (QED) is 0.817. The van der Waals surface area contributed by atoms with Gasteiger partial charge in [0.05, 0.1) is 17.7 Å². The number of amides is 1. The normalized spacial score (nSPS) is 26.4. The summed E-state index contributed by atoms with van der Waals surface area (Å²) in [6.45, 7) is 0.658. The molecule has 1 saturated heterocycles. The van der Waals surface area contributed by atoms with Crippen molar-refractivity contribution in [2.75, 3.05) is 12.3 Å². The molecule has 1 amide bonds. The Balaban J connectivity index is 1.72. The average Bonchev–Trinajstić information content (AvgIpc) is 3.13. The van der Waals surface area contributed by atoms with Crippen LogP contribution in [0, 0.1) is 11.7 Å². The highest BCUT2D eigenvalue weighted by molar-refractivity contribution is 5.95. The summed E-state index contributed by atoms with van der Waals surface area (Å²) in [7, 11) is 0. The number of benzene rings is 1. The Kier molecular flexibility index (Phi) is 3.14. The number of hydrogen-bond donors (Lipinski definition) is 2. The number of rotatable bonds is 3. The Morgan fingerprint density at radius 1 is 1.37 bits per heavy atom. The molecular formula is C14H17FN2O2. The number of nitrogens with one attached hydrogen (secondary N) is 1. The molecule has 1 aliphatic heterocycles. The number of nitrogen functional groups attached to an aromatic ring is 1. The second-order valence-corrected chi connectivity index (χ2v) is 5.28. The standard InChI is InChI=1S/C14H17FN2O2/c15-11-4-3-9(16)7-10(11)14(18)17-12-5-6-19-13(12)8-1-2-8/h3-4,7-8,12-13H,1-2,5-6,16H2,(H,17,18). The highest BCUT2D eigenvalue weighted by Gasteiger charge is 2.41. The van der Waals surface area contributed by atoms with Gasteiger partial charge in [0.25, 0.3) is 5.91 Å². The largest absolute Gasteiger partial charge is 0.399 e. The Hall–Kier alpha value is -1.62. The van der Waals surface area contributed by atoms with Gasteiger partial charge in [0.1, 0.15) is 5.82 Å². The second kappa shape index (κ2) is 4.81. The summed E-state index contributed by atoms with van der Waals surface area (Å²) in [6.07, 6.45) is 3.19. The van der Waals surface area contributed by atoms with Gasteiger partial charge >= 0.3 is 0 Å². The van der Waals surface area contributed by atoms with Crippen LogP contribution >= 0.6 is 0 Å². The molecule has 19 heavy (non-hydrogen) atoms. The maximum atomic E-state index is 13.6. The Bertz CT molecular complexity index is 502. The van der Waals surface area contributed by atoms with E-state index in [0.29, 0.717) is 18.2 Å². The van der Waals surface area contributed by atoms with E-state index in [1.807, 2.05) is 0 Å². The Labute approximate surface area is 111 Å². The second-order valence-electron chi connectivity index (χ2n) is 5.28. The first-order chi connectivity index (χ1) is 9.15. The van der Waals surface area contributed by atoms with Crippen LogP contribution in [0.15, 0.2) is 18.2 Å². The predicted molar refractivity (Wildman–Crippen MR) is 69.1 cm³/mol. The molecule has 0 radical (unpaired) electrons. The molecule has 3 rings (SSSR count). The van der Waals surface area contributed by atoms with E-state index in [-0.39, 0.29) is 17.7 Å². The number of carbonyl (C=O) groups is 1. The zero-order valence-electron chi connectivity index (χ0n) is 10.6. The van der Waals surface area contributed by atoms with Crippen molar-refractivity contribution in [1.29, 1.82) is 0 Å². The minimum Gasteiger partial charge on any atom is -0.399 e. The summed E-state index contributed by atoms with van der Waals surface area (Å²) in [4.78, 5) is 12.1.